The Labute approximate surface area is 116 Å². The highest BCUT2D eigenvalue weighted by Gasteiger charge is 2.14. The Balaban J connectivity index is 2.31. The molecule has 0 saturated heterocycles. The molecule has 0 amide bonds. The number of phenols is 1. The average Bonchev–Trinajstić information content (AvgIpc) is 2.39. The van der Waals surface area contributed by atoms with E-state index in [1.807, 2.05) is 0 Å². The van der Waals surface area contributed by atoms with Crippen LogP contribution in [0.25, 0.3) is 0 Å². The molecular weight excluding hydrogens is 314 g/mol. The molecular formula is C12H8BrN3O3. The lowest BCUT2D eigenvalue weighted by atomic mass is 10.2. The number of para-hydroxylation sites is 1. The fourth-order valence-corrected chi connectivity index (χ4v) is 1.61. The molecule has 2 aromatic rings. The zero-order valence-corrected chi connectivity index (χ0v) is 11.1. The summed E-state index contributed by atoms with van der Waals surface area (Å²) in [5.41, 5.74) is -0.0911. The number of nitro groups is 1. The first-order valence-electron chi connectivity index (χ1n) is 5.20. The van der Waals surface area contributed by atoms with E-state index in [9.17, 15) is 15.2 Å². The standard InChI is InChI=1S/C12H8BrN3O3/c13-9-4-5-11(15-7-9)14-6-8-2-1-3-10(12(8)17)16(18)19/h1-7,17H. The van der Waals surface area contributed by atoms with Crippen molar-refractivity contribution in [3.63, 3.8) is 0 Å². The van der Waals surface area contributed by atoms with Crippen LogP contribution >= 0.6 is 15.9 Å². The van der Waals surface area contributed by atoms with Gasteiger partial charge in [-0.3, -0.25) is 10.1 Å². The number of phenolic OH excluding ortho intramolecular Hbond substituents is 1. The van der Waals surface area contributed by atoms with Gasteiger partial charge >= 0.3 is 5.69 Å². The monoisotopic (exact) mass is 321 g/mol. The summed E-state index contributed by atoms with van der Waals surface area (Å²) in [6.45, 7) is 0. The third kappa shape index (κ3) is 3.14. The van der Waals surface area contributed by atoms with Gasteiger partial charge in [0.2, 0.25) is 5.75 Å². The van der Waals surface area contributed by atoms with Crippen LogP contribution in [-0.4, -0.2) is 21.2 Å². The number of aliphatic imine (C=N–C) groups is 1. The van der Waals surface area contributed by atoms with Crippen molar-refractivity contribution in [2.24, 2.45) is 4.99 Å². The lowest BCUT2D eigenvalue weighted by molar-refractivity contribution is -0.385. The van der Waals surface area contributed by atoms with Gasteiger partial charge in [0.25, 0.3) is 0 Å². The highest BCUT2D eigenvalue weighted by atomic mass is 79.9. The fourth-order valence-electron chi connectivity index (χ4n) is 1.38. The van der Waals surface area contributed by atoms with Crippen LogP contribution in [0.15, 0.2) is 46.0 Å². The van der Waals surface area contributed by atoms with Gasteiger partial charge < -0.3 is 5.11 Å². The number of benzene rings is 1. The van der Waals surface area contributed by atoms with E-state index in [2.05, 4.69) is 25.9 Å². The molecule has 19 heavy (non-hydrogen) atoms. The van der Waals surface area contributed by atoms with E-state index in [0.29, 0.717) is 5.82 Å². The van der Waals surface area contributed by atoms with E-state index in [-0.39, 0.29) is 11.3 Å². The van der Waals surface area contributed by atoms with Crippen molar-refractivity contribution < 1.29 is 10.0 Å². The predicted molar refractivity (Wildman–Crippen MR) is 74.0 cm³/mol. The van der Waals surface area contributed by atoms with E-state index in [0.717, 1.165) is 4.47 Å². The summed E-state index contributed by atoms with van der Waals surface area (Å²) in [5.74, 6) is 0.0301. The van der Waals surface area contributed by atoms with Gasteiger partial charge in [0.05, 0.1) is 4.92 Å². The molecule has 1 aromatic heterocycles. The molecule has 0 atom stereocenters. The van der Waals surface area contributed by atoms with Crippen molar-refractivity contribution in [1.82, 2.24) is 4.98 Å². The normalized spacial score (nSPS) is 10.8. The minimum absolute atomic E-state index is 0.263. The summed E-state index contributed by atoms with van der Waals surface area (Å²) in [7, 11) is 0. The number of aromatic hydroxyl groups is 1. The summed E-state index contributed by atoms with van der Waals surface area (Å²) >= 11 is 3.25. The first kappa shape index (κ1) is 13.2. The molecule has 0 bridgehead atoms. The quantitative estimate of drug-likeness (QED) is 0.534. The molecule has 1 heterocycles. The van der Waals surface area contributed by atoms with Crippen molar-refractivity contribution in [3.05, 3.63) is 56.7 Å². The Morgan fingerprint density at radius 1 is 1.37 bits per heavy atom. The van der Waals surface area contributed by atoms with Crippen molar-refractivity contribution in [2.75, 3.05) is 0 Å². The van der Waals surface area contributed by atoms with Gasteiger partial charge in [0.1, 0.15) is 0 Å². The zero-order valence-electron chi connectivity index (χ0n) is 9.52. The number of pyridine rings is 1. The van der Waals surface area contributed by atoms with Crippen LogP contribution in [-0.2, 0) is 0 Å². The van der Waals surface area contributed by atoms with Gasteiger partial charge in [-0.05, 0) is 34.1 Å². The van der Waals surface area contributed by atoms with Gasteiger partial charge in [-0.15, -0.1) is 0 Å². The van der Waals surface area contributed by atoms with Crippen molar-refractivity contribution >= 4 is 33.6 Å². The van der Waals surface area contributed by atoms with E-state index in [1.54, 1.807) is 18.3 Å². The lowest BCUT2D eigenvalue weighted by Gasteiger charge is -1.99. The van der Waals surface area contributed by atoms with Crippen molar-refractivity contribution in [2.45, 2.75) is 0 Å². The number of halogens is 1. The van der Waals surface area contributed by atoms with Gasteiger partial charge in [-0.25, -0.2) is 9.98 Å². The SMILES string of the molecule is O=[N+]([O-])c1cccc(C=Nc2ccc(Br)cn2)c1O. The van der Waals surface area contributed by atoms with Crippen molar-refractivity contribution in [1.29, 1.82) is 0 Å². The molecule has 2 rings (SSSR count). The first-order valence-corrected chi connectivity index (χ1v) is 5.99. The largest absolute Gasteiger partial charge is 0.502 e. The molecule has 0 aliphatic carbocycles. The highest BCUT2D eigenvalue weighted by molar-refractivity contribution is 9.10. The molecule has 0 radical (unpaired) electrons. The van der Waals surface area contributed by atoms with Crippen LogP contribution in [0, 0.1) is 10.1 Å². The van der Waals surface area contributed by atoms with E-state index >= 15 is 0 Å². The second kappa shape index (κ2) is 5.57. The van der Waals surface area contributed by atoms with Gasteiger partial charge in [0, 0.05) is 28.5 Å². The number of aromatic nitrogens is 1. The predicted octanol–water partition coefficient (Wildman–Crippen LogP) is 3.21. The molecule has 0 aliphatic heterocycles. The lowest BCUT2D eigenvalue weighted by Crippen LogP contribution is -1.91. The molecule has 7 heteroatoms. The maximum absolute atomic E-state index is 10.7. The molecule has 96 valence electrons. The second-order valence-electron chi connectivity index (χ2n) is 3.56. The van der Waals surface area contributed by atoms with E-state index < -0.39 is 10.7 Å². The maximum atomic E-state index is 10.7. The Bertz CT molecular complexity index is 641. The Hall–Kier alpha value is -2.28. The fraction of sp³-hybridized carbons (Fsp3) is 0. The Kier molecular flexibility index (Phi) is 3.86. The topological polar surface area (TPSA) is 88.6 Å². The Morgan fingerprint density at radius 3 is 2.79 bits per heavy atom. The van der Waals surface area contributed by atoms with Crippen LogP contribution in [0.1, 0.15) is 5.56 Å². The summed E-state index contributed by atoms with van der Waals surface area (Å²) in [6.07, 6.45) is 2.92. The zero-order chi connectivity index (χ0) is 13.8. The van der Waals surface area contributed by atoms with Crippen LogP contribution in [0.5, 0.6) is 5.75 Å². The number of hydrogen-bond donors (Lipinski definition) is 1. The molecule has 0 aliphatic rings. The van der Waals surface area contributed by atoms with Crippen LogP contribution in [0.3, 0.4) is 0 Å². The molecule has 6 nitrogen and oxygen atoms in total. The van der Waals surface area contributed by atoms with Gasteiger partial charge in [-0.1, -0.05) is 6.07 Å². The van der Waals surface area contributed by atoms with E-state index in [1.165, 1.54) is 24.4 Å². The second-order valence-corrected chi connectivity index (χ2v) is 4.48. The van der Waals surface area contributed by atoms with E-state index in [4.69, 9.17) is 0 Å². The molecule has 0 spiro atoms. The highest BCUT2D eigenvalue weighted by Crippen LogP contribution is 2.28. The number of nitro benzene ring substituents is 1. The molecule has 0 fully saturated rings. The summed E-state index contributed by atoms with van der Waals surface area (Å²) in [4.78, 5) is 18.1. The first-order chi connectivity index (χ1) is 9.08. The molecule has 1 N–H and O–H groups in total. The summed E-state index contributed by atoms with van der Waals surface area (Å²) in [6, 6.07) is 7.69. The average molecular weight is 322 g/mol. The minimum Gasteiger partial charge on any atom is -0.502 e. The molecule has 1 aromatic carbocycles. The van der Waals surface area contributed by atoms with Crippen LogP contribution in [0.2, 0.25) is 0 Å². The Morgan fingerprint density at radius 2 is 2.16 bits per heavy atom. The van der Waals surface area contributed by atoms with Crippen molar-refractivity contribution in [3.8, 4) is 5.75 Å². The number of nitrogens with zero attached hydrogens (tertiary/aromatic N) is 3. The number of rotatable bonds is 3. The van der Waals surface area contributed by atoms with Gasteiger partial charge in [-0.2, -0.15) is 0 Å². The molecule has 0 saturated carbocycles. The maximum Gasteiger partial charge on any atom is 0.311 e. The third-order valence-corrected chi connectivity index (χ3v) is 2.76. The smallest absolute Gasteiger partial charge is 0.311 e. The van der Waals surface area contributed by atoms with Crippen LogP contribution in [0.4, 0.5) is 11.5 Å². The minimum atomic E-state index is -0.648. The summed E-state index contributed by atoms with van der Waals surface area (Å²) in [5, 5.41) is 20.4. The van der Waals surface area contributed by atoms with Gasteiger partial charge in [0.15, 0.2) is 5.82 Å². The van der Waals surface area contributed by atoms with Crippen LogP contribution < -0.4 is 0 Å². The number of hydrogen-bond acceptors (Lipinski definition) is 5. The third-order valence-electron chi connectivity index (χ3n) is 2.29. The molecule has 0 unspecified atom stereocenters. The summed E-state index contributed by atoms with van der Waals surface area (Å²) < 4.78 is 0.824.